The summed E-state index contributed by atoms with van der Waals surface area (Å²) in [6.07, 6.45) is 0. The zero-order chi connectivity index (χ0) is 13.6. The molecule has 0 saturated heterocycles. The largest absolute Gasteiger partial charge is 0.748 e. The van der Waals surface area contributed by atoms with Gasteiger partial charge in [-0.25, -0.2) is 8.42 Å². The Bertz CT molecular complexity index is 373. The third kappa shape index (κ3) is 6.22. The highest BCUT2D eigenvalue weighted by molar-refractivity contribution is 7.85. The minimum absolute atomic E-state index is 0.511. The molecule has 0 fully saturated rings. The van der Waals surface area contributed by atoms with Crippen LogP contribution in [0.1, 0.15) is 13.8 Å². The highest BCUT2D eigenvalue weighted by atomic mass is 32.2. The highest BCUT2D eigenvalue weighted by Crippen LogP contribution is 2.14. The van der Waals surface area contributed by atoms with Crippen molar-refractivity contribution in [2.45, 2.75) is 13.8 Å². The summed E-state index contributed by atoms with van der Waals surface area (Å²) in [5, 5.41) is 0. The van der Waals surface area contributed by atoms with Crippen LogP contribution < -0.4 is 0 Å². The summed E-state index contributed by atoms with van der Waals surface area (Å²) in [7, 11) is -3.21. The van der Waals surface area contributed by atoms with Crippen LogP contribution in [0, 0.1) is 11.8 Å². The predicted molar refractivity (Wildman–Crippen MR) is 55.9 cm³/mol. The molecule has 0 amide bonds. The van der Waals surface area contributed by atoms with Crippen molar-refractivity contribution < 1.29 is 32.0 Å². The van der Waals surface area contributed by atoms with E-state index >= 15 is 0 Å². The van der Waals surface area contributed by atoms with E-state index in [-0.39, 0.29) is 0 Å². The van der Waals surface area contributed by atoms with Gasteiger partial charge in [0.15, 0.2) is 0 Å². The first-order chi connectivity index (χ1) is 7.69. The molecule has 0 aliphatic carbocycles. The Morgan fingerprint density at radius 1 is 1.18 bits per heavy atom. The second-order valence-corrected chi connectivity index (χ2v) is 5.05. The molecular weight excluding hydrogens is 252 g/mol. The molecule has 2 atom stereocenters. The van der Waals surface area contributed by atoms with Gasteiger partial charge in [0.05, 0.1) is 34.8 Å². The smallest absolute Gasteiger partial charge is 0.309 e. The third-order valence-electron chi connectivity index (χ3n) is 2.27. The third-order valence-corrected chi connectivity index (χ3v) is 2.94. The molecule has 0 aromatic heterocycles. The lowest BCUT2D eigenvalue weighted by molar-refractivity contribution is -0.157. The van der Waals surface area contributed by atoms with Crippen molar-refractivity contribution in [3.63, 3.8) is 0 Å². The van der Waals surface area contributed by atoms with E-state index in [1.54, 1.807) is 0 Å². The molecule has 0 saturated carbocycles. The Morgan fingerprint density at radius 2 is 1.65 bits per heavy atom. The lowest BCUT2D eigenvalue weighted by Crippen LogP contribution is -2.29. The van der Waals surface area contributed by atoms with Gasteiger partial charge in [-0.1, -0.05) is 13.8 Å². The fourth-order valence-electron chi connectivity index (χ4n) is 0.970. The van der Waals surface area contributed by atoms with E-state index in [2.05, 4.69) is 9.47 Å². The summed E-state index contributed by atoms with van der Waals surface area (Å²) >= 11 is 0. The number of methoxy groups -OCH3 is 1. The molecule has 7 nitrogen and oxygen atoms in total. The van der Waals surface area contributed by atoms with Gasteiger partial charge in [0.25, 0.3) is 0 Å². The molecule has 100 valence electrons. The van der Waals surface area contributed by atoms with Crippen LogP contribution in [0.25, 0.3) is 0 Å². The van der Waals surface area contributed by atoms with E-state index in [4.69, 9.17) is 0 Å². The maximum atomic E-state index is 11.4. The Kier molecular flexibility index (Phi) is 6.11. The average molecular weight is 267 g/mol. The number of hydrogen-bond acceptors (Lipinski definition) is 7. The van der Waals surface area contributed by atoms with E-state index in [1.807, 2.05) is 0 Å². The summed E-state index contributed by atoms with van der Waals surface area (Å²) in [5.74, 6) is -3.55. The van der Waals surface area contributed by atoms with Crippen LogP contribution in [0.15, 0.2) is 0 Å². The summed E-state index contributed by atoms with van der Waals surface area (Å²) < 4.78 is 39.8. The molecule has 0 heterocycles. The number of esters is 2. The molecule has 2 unspecified atom stereocenters. The Balaban J connectivity index is 4.19. The van der Waals surface area contributed by atoms with Crippen LogP contribution in [0.5, 0.6) is 0 Å². The Labute approximate surface area is 99.8 Å². The topological polar surface area (TPSA) is 110 Å². The number of carbonyl (C=O) groups is 2. The van der Waals surface area contributed by atoms with Crippen LogP contribution in [0.3, 0.4) is 0 Å². The maximum absolute atomic E-state index is 11.4. The first kappa shape index (κ1) is 15.9. The number of ether oxygens (including phenoxy) is 2. The van der Waals surface area contributed by atoms with Crippen molar-refractivity contribution in [2.24, 2.45) is 11.8 Å². The number of carbonyl (C=O) groups excluding carboxylic acids is 2. The molecule has 8 heteroatoms. The zero-order valence-corrected chi connectivity index (χ0v) is 10.7. The monoisotopic (exact) mass is 267 g/mol. The van der Waals surface area contributed by atoms with Crippen molar-refractivity contribution in [2.75, 3.05) is 19.5 Å². The van der Waals surface area contributed by atoms with Gasteiger partial charge in [-0.15, -0.1) is 0 Å². The number of rotatable bonds is 6. The van der Waals surface area contributed by atoms with Gasteiger partial charge in [-0.05, 0) is 0 Å². The number of hydrogen-bond donors (Lipinski definition) is 0. The molecule has 0 aromatic rings. The molecule has 0 radical (unpaired) electrons. The Morgan fingerprint density at radius 3 is 2.06 bits per heavy atom. The van der Waals surface area contributed by atoms with Crippen molar-refractivity contribution in [1.29, 1.82) is 0 Å². The van der Waals surface area contributed by atoms with Crippen LogP contribution >= 0.6 is 0 Å². The molecule has 17 heavy (non-hydrogen) atoms. The molecule has 0 aromatic carbocycles. The first-order valence-corrected chi connectivity index (χ1v) is 6.44. The Hall–Kier alpha value is -1.15. The van der Waals surface area contributed by atoms with E-state index in [0.29, 0.717) is 0 Å². The van der Waals surface area contributed by atoms with Crippen LogP contribution in [0.4, 0.5) is 0 Å². The van der Waals surface area contributed by atoms with E-state index in [0.717, 1.165) is 0 Å². The standard InChI is InChI=1S/C9H16O7S/c1-6(8(10)15-3)7(2)9(11)16-4-5-17(12,13)14/h6-7H,4-5H2,1-3H3,(H,12,13,14)/p-1. The van der Waals surface area contributed by atoms with E-state index in [1.165, 1.54) is 21.0 Å². The van der Waals surface area contributed by atoms with Crippen molar-refractivity contribution in [1.82, 2.24) is 0 Å². The van der Waals surface area contributed by atoms with Crippen LogP contribution in [-0.2, 0) is 29.2 Å². The fourth-order valence-corrected chi connectivity index (χ4v) is 1.26. The van der Waals surface area contributed by atoms with E-state index in [9.17, 15) is 22.6 Å². The van der Waals surface area contributed by atoms with Gasteiger partial charge in [0, 0.05) is 0 Å². The summed E-state index contributed by atoms with van der Waals surface area (Å²) in [6, 6.07) is 0. The van der Waals surface area contributed by atoms with Gasteiger partial charge in [0.1, 0.15) is 6.61 Å². The van der Waals surface area contributed by atoms with Gasteiger partial charge in [-0.2, -0.15) is 0 Å². The molecule has 0 aliphatic rings. The summed E-state index contributed by atoms with van der Waals surface area (Å²) in [6.45, 7) is 2.43. The first-order valence-electron chi connectivity index (χ1n) is 4.87. The van der Waals surface area contributed by atoms with Gasteiger partial charge < -0.3 is 14.0 Å². The highest BCUT2D eigenvalue weighted by Gasteiger charge is 2.27. The van der Waals surface area contributed by atoms with Crippen LogP contribution in [-0.4, -0.2) is 44.4 Å². The zero-order valence-electron chi connectivity index (χ0n) is 9.83. The minimum atomic E-state index is -4.41. The van der Waals surface area contributed by atoms with Crippen molar-refractivity contribution in [3.05, 3.63) is 0 Å². The quantitative estimate of drug-likeness (QED) is 0.472. The molecular formula is C9H15O7S-. The second kappa shape index (κ2) is 6.55. The summed E-state index contributed by atoms with van der Waals surface area (Å²) in [4.78, 5) is 22.5. The molecule has 0 bridgehead atoms. The van der Waals surface area contributed by atoms with Gasteiger partial charge in [0.2, 0.25) is 0 Å². The molecule has 0 aliphatic heterocycles. The maximum Gasteiger partial charge on any atom is 0.309 e. The molecule has 0 N–H and O–H groups in total. The van der Waals surface area contributed by atoms with Gasteiger partial charge in [-0.3, -0.25) is 9.59 Å². The van der Waals surface area contributed by atoms with Gasteiger partial charge >= 0.3 is 11.9 Å². The predicted octanol–water partition coefficient (Wildman–Crippen LogP) is -0.480. The summed E-state index contributed by atoms with van der Waals surface area (Å²) in [5.41, 5.74) is 0. The average Bonchev–Trinajstić information content (AvgIpc) is 2.24. The van der Waals surface area contributed by atoms with Crippen molar-refractivity contribution in [3.8, 4) is 0 Å². The SMILES string of the molecule is COC(=O)C(C)C(C)C(=O)OCCS(=O)(=O)[O-]. The fraction of sp³-hybridized carbons (Fsp3) is 0.778. The lowest BCUT2D eigenvalue weighted by Gasteiger charge is -2.16. The molecule has 0 rings (SSSR count). The second-order valence-electron chi connectivity index (χ2n) is 3.53. The minimum Gasteiger partial charge on any atom is -0.748 e. The van der Waals surface area contributed by atoms with E-state index < -0.39 is 46.3 Å². The van der Waals surface area contributed by atoms with Crippen molar-refractivity contribution >= 4 is 22.1 Å². The van der Waals surface area contributed by atoms with Crippen LogP contribution in [0.2, 0.25) is 0 Å². The lowest BCUT2D eigenvalue weighted by atomic mass is 9.96. The molecule has 0 spiro atoms. The normalized spacial score (nSPS) is 14.8.